The average molecular weight is 1050 g/mol. The normalized spacial score (nSPS) is 13.5. The van der Waals surface area contributed by atoms with E-state index in [1.165, 1.54) is 24.3 Å². The summed E-state index contributed by atoms with van der Waals surface area (Å²) in [6, 6.07) is 13.9. The molecule has 0 bridgehead atoms. The highest BCUT2D eigenvalue weighted by Crippen LogP contribution is 2.22. The van der Waals surface area contributed by atoms with Crippen molar-refractivity contribution in [2.75, 3.05) is 13.1 Å². The Kier molecular flexibility index (Phi) is 22.5. The van der Waals surface area contributed by atoms with Gasteiger partial charge in [0.15, 0.2) is 0 Å². The summed E-state index contributed by atoms with van der Waals surface area (Å²) < 4.78 is 47.2. The number of fused-ring (bicyclic) bond motifs is 1. The fourth-order valence-electron chi connectivity index (χ4n) is 7.71. The molecule has 5 unspecified atom stereocenters. The summed E-state index contributed by atoms with van der Waals surface area (Å²) in [4.78, 5) is 114. The van der Waals surface area contributed by atoms with Crippen molar-refractivity contribution in [3.63, 3.8) is 0 Å². The minimum absolute atomic E-state index is 0.0547. The molecule has 0 saturated carbocycles. The predicted molar refractivity (Wildman–Crippen MR) is 272 cm³/mol. The summed E-state index contributed by atoms with van der Waals surface area (Å²) in [5.41, 5.74) is 13.0. The van der Waals surface area contributed by atoms with Crippen LogP contribution in [-0.2, 0) is 72.7 Å². The Morgan fingerprint density at radius 2 is 1.41 bits per heavy atom. The Balaban J connectivity index is 1.68. The molecule has 23 heteroatoms. The van der Waals surface area contributed by atoms with Crippen LogP contribution in [0, 0.1) is 0 Å². The molecule has 0 radical (unpaired) electrons. The monoisotopic (exact) mass is 1050 g/mol. The van der Waals surface area contributed by atoms with E-state index in [4.69, 9.17) is 25.5 Å². The second-order valence-electron chi connectivity index (χ2n) is 18.6. The van der Waals surface area contributed by atoms with Crippen molar-refractivity contribution in [3.8, 4) is 5.75 Å². The van der Waals surface area contributed by atoms with Gasteiger partial charge in [-0.3, -0.25) is 28.5 Å². The van der Waals surface area contributed by atoms with Gasteiger partial charge in [0, 0.05) is 36.5 Å². The molecule has 6 amide bonds. The fraction of sp³-hybridized carbons (Fsp3) is 0.451. The molecular weight excluding hydrogens is 981 g/mol. The maximum atomic E-state index is 14.9. The van der Waals surface area contributed by atoms with Crippen LogP contribution in [0.1, 0.15) is 96.3 Å². The molecule has 22 nitrogen and oxygen atoms in total. The van der Waals surface area contributed by atoms with Gasteiger partial charge in [0.2, 0.25) is 29.5 Å². The molecule has 1 heterocycles. The number of unbranched alkanes of at least 4 members (excludes halogenated alkanes) is 2. The third kappa shape index (κ3) is 19.9. The molecule has 74 heavy (non-hydrogen) atoms. The quantitative estimate of drug-likeness (QED) is 0.0230. The number of ether oxygens (including phenoxy) is 2. The van der Waals surface area contributed by atoms with Crippen LogP contribution in [0.2, 0.25) is 0 Å². The summed E-state index contributed by atoms with van der Waals surface area (Å²) >= 11 is 0. The summed E-state index contributed by atoms with van der Waals surface area (Å²) in [6.45, 7) is 7.72. The van der Waals surface area contributed by atoms with Crippen molar-refractivity contribution in [1.29, 1.82) is 0 Å². The van der Waals surface area contributed by atoms with Crippen LogP contribution in [0.4, 0.5) is 4.79 Å². The number of H-pyrrole nitrogens is 1. The maximum Gasteiger partial charge on any atom is 0.446 e. The van der Waals surface area contributed by atoms with Gasteiger partial charge in [-0.15, -0.1) is 0 Å². The highest BCUT2D eigenvalue weighted by Gasteiger charge is 2.39. The van der Waals surface area contributed by atoms with Gasteiger partial charge in [-0.1, -0.05) is 100 Å². The van der Waals surface area contributed by atoms with E-state index in [0.717, 1.165) is 22.2 Å². The number of esters is 2. The lowest BCUT2D eigenvalue weighted by Crippen LogP contribution is -2.57. The third-order valence-electron chi connectivity index (χ3n) is 11.4. The topological polar surface area (TPSA) is 338 Å². The number of hydrogen-bond acceptors (Lipinski definition) is 14. The number of rotatable bonds is 28. The molecule has 0 aliphatic heterocycles. The lowest BCUT2D eigenvalue weighted by Gasteiger charge is -2.33. The van der Waals surface area contributed by atoms with E-state index in [1.54, 1.807) is 63.4 Å². The van der Waals surface area contributed by atoms with Crippen molar-refractivity contribution < 1.29 is 65.0 Å². The number of primary amides is 1. The Morgan fingerprint density at radius 1 is 0.757 bits per heavy atom. The lowest BCUT2D eigenvalue weighted by molar-refractivity contribution is -0.168. The zero-order valence-electron chi connectivity index (χ0n) is 42.2. The van der Waals surface area contributed by atoms with E-state index >= 15 is 0 Å². The average Bonchev–Trinajstić information content (AvgIpc) is 3.74. The molecule has 0 saturated heterocycles. The number of amides is 6. The Labute approximate surface area is 430 Å². The van der Waals surface area contributed by atoms with Crippen LogP contribution in [0.3, 0.4) is 0 Å². The molecule has 0 spiro atoms. The van der Waals surface area contributed by atoms with Gasteiger partial charge >= 0.3 is 28.4 Å². The number of benzene rings is 3. The number of para-hydroxylation sites is 1. The van der Waals surface area contributed by atoms with E-state index in [9.17, 15) is 46.8 Å². The Morgan fingerprint density at radius 3 is 2.04 bits per heavy atom. The van der Waals surface area contributed by atoms with Crippen LogP contribution in [0.5, 0.6) is 5.75 Å². The molecule has 3 aromatic carbocycles. The van der Waals surface area contributed by atoms with Crippen molar-refractivity contribution in [1.82, 2.24) is 31.2 Å². The number of carbonyl (C=O) groups is 8. The smallest absolute Gasteiger partial charge is 0.444 e. The minimum atomic E-state index is -4.88. The molecule has 1 aromatic heterocycles. The second kappa shape index (κ2) is 28.2. The number of aromatic amines is 1. The van der Waals surface area contributed by atoms with Crippen molar-refractivity contribution in [3.05, 3.63) is 102 Å². The summed E-state index contributed by atoms with van der Waals surface area (Å²) in [7, 11) is -4.88. The van der Waals surface area contributed by atoms with E-state index in [1.807, 2.05) is 32.0 Å². The largest absolute Gasteiger partial charge is 0.446 e. The molecule has 0 aliphatic rings. The van der Waals surface area contributed by atoms with Gasteiger partial charge in [-0.05, 0) is 74.9 Å². The number of aromatic nitrogens is 1. The van der Waals surface area contributed by atoms with Gasteiger partial charge in [-0.25, -0.2) is 14.4 Å². The number of nitrogens with zero attached hydrogens (tertiary/aromatic N) is 1. The highest BCUT2D eigenvalue weighted by molar-refractivity contribution is 7.81. The highest BCUT2D eigenvalue weighted by atomic mass is 32.3. The van der Waals surface area contributed by atoms with Crippen LogP contribution >= 0.6 is 0 Å². The molecule has 0 fully saturated rings. The van der Waals surface area contributed by atoms with Gasteiger partial charge < -0.3 is 56.3 Å². The fourth-order valence-corrected chi connectivity index (χ4v) is 8.06. The first-order chi connectivity index (χ1) is 35.0. The first kappa shape index (κ1) is 59.2. The van der Waals surface area contributed by atoms with E-state index in [-0.39, 0.29) is 38.0 Å². The lowest BCUT2D eigenvalue weighted by atomic mass is 10.0. The molecule has 402 valence electrons. The number of nitrogens with one attached hydrogen (secondary N) is 5. The summed E-state index contributed by atoms with van der Waals surface area (Å²) in [6.07, 6.45) is 2.17. The molecular formula is C51H68N8O14S. The number of alkyl carbamates (subject to hydrolysis) is 1. The number of carbonyl (C=O) groups excluding carboxylic acids is 8. The SMILES string of the molecule is CCCCC(N)C(=O)NCC(=O)NC(Cc1c[nH]c2ccccc12)C(=O)NC(CCCC)C(=O)OC(=O)C(CC(N)=O)N(CCc1ccccc1)C(=O)C(Cc1ccc(OS(=O)(=O)O)cc1)NC(=O)OC(C)(C)C. The van der Waals surface area contributed by atoms with Gasteiger partial charge in [0.1, 0.15) is 35.5 Å². The molecule has 10 N–H and O–H groups in total. The molecule has 4 rings (SSSR count). The third-order valence-corrected chi connectivity index (χ3v) is 11.8. The first-order valence-electron chi connectivity index (χ1n) is 24.3. The van der Waals surface area contributed by atoms with Crippen LogP contribution in [0.15, 0.2) is 85.1 Å². The number of nitrogens with two attached hydrogens (primary N) is 2. The zero-order chi connectivity index (χ0) is 54.6. The van der Waals surface area contributed by atoms with Crippen molar-refractivity contribution in [2.45, 2.75) is 135 Å². The minimum Gasteiger partial charge on any atom is -0.444 e. The summed E-state index contributed by atoms with van der Waals surface area (Å²) in [5.74, 6) is -7.09. The van der Waals surface area contributed by atoms with Crippen LogP contribution in [0.25, 0.3) is 10.9 Å². The Bertz CT molecular complexity index is 2670. The molecule has 0 aliphatic carbocycles. The first-order valence-corrected chi connectivity index (χ1v) is 25.6. The molecule has 5 atom stereocenters. The zero-order valence-corrected chi connectivity index (χ0v) is 43.0. The Hall–Kier alpha value is -7.37. The second-order valence-corrected chi connectivity index (χ2v) is 19.6. The van der Waals surface area contributed by atoms with Crippen LogP contribution in [-0.4, -0.2) is 119 Å². The predicted octanol–water partition coefficient (Wildman–Crippen LogP) is 3.21. The molecule has 4 aromatic rings. The maximum absolute atomic E-state index is 14.9. The van der Waals surface area contributed by atoms with Gasteiger partial charge in [0.05, 0.1) is 19.0 Å². The summed E-state index contributed by atoms with van der Waals surface area (Å²) in [5, 5.41) is 11.0. The standard InChI is InChI=1S/C51H68N8O14S/c1-6-8-18-37(52)45(62)55-31-44(61)56-40(28-34-30-54-38-20-14-13-17-36(34)38)46(63)57-39(19-9-7-2)48(65)71-49(66)42(29-43(53)60)59(26-25-32-15-11-10-12-16-32)47(64)41(58-50(67)72-51(3,4)5)27-33-21-23-35(24-22-33)73-74(68,69)70/h10-17,20-24,30,37,39-42,54H,6-9,18-19,25-29,31,52H2,1-5H3,(H2,53,60)(H,55,62)(H,56,61)(H,57,63)(H,58,67)(H,68,69,70). The van der Waals surface area contributed by atoms with Crippen molar-refractivity contribution in [2.24, 2.45) is 11.5 Å². The van der Waals surface area contributed by atoms with Gasteiger partial charge in [0.25, 0.3) is 0 Å². The van der Waals surface area contributed by atoms with E-state index in [2.05, 4.69) is 30.4 Å². The van der Waals surface area contributed by atoms with E-state index < -0.39 is 107 Å². The van der Waals surface area contributed by atoms with Crippen LogP contribution < -0.4 is 36.9 Å². The van der Waals surface area contributed by atoms with Gasteiger partial charge in [-0.2, -0.15) is 8.42 Å². The van der Waals surface area contributed by atoms with E-state index in [0.29, 0.717) is 42.4 Å². The number of hydrogen-bond donors (Lipinski definition) is 8. The van der Waals surface area contributed by atoms with Crippen molar-refractivity contribution >= 4 is 68.9 Å².